The van der Waals surface area contributed by atoms with E-state index in [-0.39, 0.29) is 12.0 Å². The molecule has 0 fully saturated rings. The molecule has 1 aromatic heterocycles. The van der Waals surface area contributed by atoms with Gasteiger partial charge in [0.2, 0.25) is 0 Å². The van der Waals surface area contributed by atoms with Crippen molar-refractivity contribution in [1.29, 1.82) is 0 Å². The van der Waals surface area contributed by atoms with Crippen LogP contribution in [0.5, 0.6) is 5.75 Å². The fraction of sp³-hybridized carbons (Fsp3) is 0.357. The number of nitrogens with two attached hydrogens (primary N) is 1. The molecule has 2 aromatic rings. The highest BCUT2D eigenvalue weighted by atomic mass is 32.1. The predicted molar refractivity (Wildman–Crippen MR) is 81.9 cm³/mol. The average molecular weight is 294 g/mol. The molecule has 0 amide bonds. The summed E-state index contributed by atoms with van der Waals surface area (Å²) in [4.78, 5) is 12.4. The third-order valence-corrected chi connectivity index (χ3v) is 4.02. The minimum Gasteiger partial charge on any atom is -0.497 e. The normalized spacial score (nSPS) is 12.2. The minimum atomic E-state index is -0.350. The Morgan fingerprint density at radius 2 is 2.20 bits per heavy atom. The van der Waals surface area contributed by atoms with E-state index in [0.717, 1.165) is 21.5 Å². The third-order valence-electron chi connectivity index (χ3n) is 2.87. The maximum Gasteiger partial charge on any atom is 0.350 e. The van der Waals surface area contributed by atoms with Gasteiger partial charge in [0.1, 0.15) is 10.6 Å². The highest BCUT2D eigenvalue weighted by Gasteiger charge is 2.19. The van der Waals surface area contributed by atoms with E-state index in [0.29, 0.717) is 11.4 Å². The zero-order valence-corrected chi connectivity index (χ0v) is 12.5. The summed E-state index contributed by atoms with van der Waals surface area (Å²) in [5, 5.41) is 4.17. The monoisotopic (exact) mass is 294 g/mol. The van der Waals surface area contributed by atoms with Crippen molar-refractivity contribution in [3.05, 3.63) is 23.1 Å². The van der Waals surface area contributed by atoms with E-state index < -0.39 is 0 Å². The van der Waals surface area contributed by atoms with Crippen LogP contribution in [0, 0.1) is 0 Å². The van der Waals surface area contributed by atoms with Gasteiger partial charge in [0.25, 0.3) is 0 Å². The maximum atomic E-state index is 11.9. The lowest BCUT2D eigenvalue weighted by Gasteiger charge is -2.10. The molecule has 0 aliphatic rings. The van der Waals surface area contributed by atoms with Crippen LogP contribution in [0.25, 0.3) is 10.1 Å². The van der Waals surface area contributed by atoms with E-state index in [1.807, 2.05) is 25.1 Å². The van der Waals surface area contributed by atoms with Gasteiger partial charge >= 0.3 is 5.97 Å². The Morgan fingerprint density at radius 1 is 1.45 bits per heavy atom. The van der Waals surface area contributed by atoms with Crippen molar-refractivity contribution in [2.24, 2.45) is 5.73 Å². The molecule has 0 radical (unpaired) electrons. The summed E-state index contributed by atoms with van der Waals surface area (Å²) in [6.45, 7) is 2.48. The summed E-state index contributed by atoms with van der Waals surface area (Å²) in [6.07, 6.45) is 0. The molecule has 5 nitrogen and oxygen atoms in total. The van der Waals surface area contributed by atoms with Crippen LogP contribution in [0.2, 0.25) is 0 Å². The van der Waals surface area contributed by atoms with Gasteiger partial charge in [-0.15, -0.1) is 11.3 Å². The molecular weight excluding hydrogens is 276 g/mol. The van der Waals surface area contributed by atoms with Crippen molar-refractivity contribution in [2.45, 2.75) is 13.0 Å². The number of anilines is 1. The van der Waals surface area contributed by atoms with Crippen molar-refractivity contribution in [1.82, 2.24) is 0 Å². The Kier molecular flexibility index (Phi) is 4.46. The van der Waals surface area contributed by atoms with Gasteiger partial charge in [-0.2, -0.15) is 0 Å². The molecule has 20 heavy (non-hydrogen) atoms. The average Bonchev–Trinajstić information content (AvgIpc) is 2.81. The number of benzene rings is 1. The van der Waals surface area contributed by atoms with Crippen LogP contribution in [-0.4, -0.2) is 32.8 Å². The number of fused-ring (bicyclic) bond motifs is 1. The zero-order chi connectivity index (χ0) is 14.7. The van der Waals surface area contributed by atoms with Gasteiger partial charge in [-0.05, 0) is 25.1 Å². The Labute approximate surface area is 121 Å². The third kappa shape index (κ3) is 2.86. The molecule has 0 saturated heterocycles. The van der Waals surface area contributed by atoms with E-state index in [1.165, 1.54) is 18.4 Å². The van der Waals surface area contributed by atoms with Gasteiger partial charge in [0.15, 0.2) is 0 Å². The molecule has 6 heteroatoms. The fourth-order valence-electron chi connectivity index (χ4n) is 1.88. The second-order valence-electron chi connectivity index (χ2n) is 4.52. The van der Waals surface area contributed by atoms with E-state index in [1.54, 1.807) is 7.11 Å². The van der Waals surface area contributed by atoms with Gasteiger partial charge in [0.05, 0.1) is 19.9 Å². The van der Waals surface area contributed by atoms with Crippen molar-refractivity contribution >= 4 is 33.1 Å². The van der Waals surface area contributed by atoms with Crippen LogP contribution in [0.4, 0.5) is 5.69 Å². The highest BCUT2D eigenvalue weighted by Crippen LogP contribution is 2.38. The summed E-state index contributed by atoms with van der Waals surface area (Å²) >= 11 is 1.39. The molecule has 1 atom stereocenters. The van der Waals surface area contributed by atoms with Gasteiger partial charge < -0.3 is 20.5 Å². The van der Waals surface area contributed by atoms with Crippen molar-refractivity contribution in [3.8, 4) is 5.75 Å². The molecular formula is C14H18N2O3S. The van der Waals surface area contributed by atoms with Crippen LogP contribution in [0.1, 0.15) is 16.6 Å². The first-order valence-electron chi connectivity index (χ1n) is 6.25. The summed E-state index contributed by atoms with van der Waals surface area (Å²) in [6, 6.07) is 5.69. The van der Waals surface area contributed by atoms with Crippen LogP contribution < -0.4 is 15.8 Å². The largest absolute Gasteiger partial charge is 0.497 e. The number of rotatable bonds is 5. The SMILES string of the molecule is COC(=O)c1sc2ccc(OC)cc2c1NCC(C)N. The van der Waals surface area contributed by atoms with Crippen molar-refractivity contribution < 1.29 is 14.3 Å². The first-order chi connectivity index (χ1) is 9.56. The lowest BCUT2D eigenvalue weighted by molar-refractivity contribution is 0.0607. The molecule has 0 bridgehead atoms. The van der Waals surface area contributed by atoms with Crippen LogP contribution in [-0.2, 0) is 4.74 Å². The summed E-state index contributed by atoms with van der Waals surface area (Å²) in [5.74, 6) is 0.396. The number of nitrogens with one attached hydrogen (secondary N) is 1. The molecule has 2 rings (SSSR count). The van der Waals surface area contributed by atoms with E-state index in [9.17, 15) is 4.79 Å². The number of thiophene rings is 1. The standard InChI is InChI=1S/C14H18N2O3S/c1-8(15)7-16-12-10-6-9(18-2)4-5-11(10)20-13(12)14(17)19-3/h4-6,8,16H,7,15H2,1-3H3. The zero-order valence-electron chi connectivity index (χ0n) is 11.7. The summed E-state index contributed by atoms with van der Waals surface area (Å²) in [7, 11) is 2.99. The molecule has 0 saturated carbocycles. The summed E-state index contributed by atoms with van der Waals surface area (Å²) < 4.78 is 11.1. The Bertz CT molecular complexity index is 622. The topological polar surface area (TPSA) is 73.6 Å². The molecule has 108 valence electrons. The van der Waals surface area contributed by atoms with Gasteiger partial charge in [-0.1, -0.05) is 0 Å². The number of carbonyl (C=O) groups is 1. The van der Waals surface area contributed by atoms with Crippen LogP contribution in [0.15, 0.2) is 18.2 Å². The number of hydrogen-bond donors (Lipinski definition) is 2. The Hall–Kier alpha value is -1.79. The first-order valence-corrected chi connectivity index (χ1v) is 7.06. The quantitative estimate of drug-likeness (QED) is 0.829. The number of ether oxygens (including phenoxy) is 2. The van der Waals surface area contributed by atoms with Crippen LogP contribution in [0.3, 0.4) is 0 Å². The molecule has 0 aliphatic carbocycles. The van der Waals surface area contributed by atoms with Gasteiger partial charge in [0, 0.05) is 22.7 Å². The lowest BCUT2D eigenvalue weighted by Crippen LogP contribution is -2.25. The maximum absolute atomic E-state index is 11.9. The highest BCUT2D eigenvalue weighted by molar-refractivity contribution is 7.21. The molecule has 0 aliphatic heterocycles. The Morgan fingerprint density at radius 3 is 2.80 bits per heavy atom. The van der Waals surface area contributed by atoms with Gasteiger partial charge in [-0.3, -0.25) is 0 Å². The van der Waals surface area contributed by atoms with Gasteiger partial charge in [-0.25, -0.2) is 4.79 Å². The lowest BCUT2D eigenvalue weighted by atomic mass is 10.2. The van der Waals surface area contributed by atoms with Crippen LogP contribution >= 0.6 is 11.3 Å². The van der Waals surface area contributed by atoms with E-state index in [2.05, 4.69) is 5.32 Å². The molecule has 0 spiro atoms. The smallest absolute Gasteiger partial charge is 0.350 e. The number of methoxy groups -OCH3 is 2. The predicted octanol–water partition coefficient (Wildman–Crippen LogP) is 2.46. The summed E-state index contributed by atoms with van der Waals surface area (Å²) in [5.41, 5.74) is 6.53. The van der Waals surface area contributed by atoms with E-state index in [4.69, 9.17) is 15.2 Å². The molecule has 1 heterocycles. The fourth-order valence-corrected chi connectivity index (χ4v) is 2.96. The van der Waals surface area contributed by atoms with Crippen molar-refractivity contribution in [3.63, 3.8) is 0 Å². The van der Waals surface area contributed by atoms with E-state index >= 15 is 0 Å². The number of esters is 1. The number of hydrogen-bond acceptors (Lipinski definition) is 6. The molecule has 1 unspecified atom stereocenters. The molecule has 1 aromatic carbocycles. The van der Waals surface area contributed by atoms with Crippen molar-refractivity contribution in [2.75, 3.05) is 26.1 Å². The second kappa shape index (κ2) is 6.11. The first kappa shape index (κ1) is 14.6. The minimum absolute atomic E-state index is 0.0129. The molecule has 3 N–H and O–H groups in total. The number of carbonyl (C=O) groups excluding carboxylic acids is 1. The Balaban J connectivity index is 2.53. The second-order valence-corrected chi connectivity index (χ2v) is 5.57.